The second-order valence-corrected chi connectivity index (χ2v) is 6.65. The Labute approximate surface area is 153 Å². The first kappa shape index (κ1) is 16.3. The van der Waals surface area contributed by atoms with Crippen molar-refractivity contribution in [1.29, 1.82) is 0 Å². The zero-order valence-corrected chi connectivity index (χ0v) is 15.1. The summed E-state index contributed by atoms with van der Waals surface area (Å²) in [6.45, 7) is 2.87. The molecule has 0 amide bonds. The number of nitrogens with zero attached hydrogens (tertiary/aromatic N) is 3. The third kappa shape index (κ3) is 3.31. The quantitative estimate of drug-likeness (QED) is 0.765. The van der Waals surface area contributed by atoms with E-state index in [2.05, 4.69) is 76.9 Å². The number of hydrogen-bond acceptors (Lipinski definition) is 4. The molecule has 2 aromatic carbocycles. The van der Waals surface area contributed by atoms with E-state index in [0.717, 1.165) is 27.9 Å². The molecule has 0 fully saturated rings. The van der Waals surface area contributed by atoms with Crippen molar-refractivity contribution < 1.29 is 0 Å². The highest BCUT2D eigenvalue weighted by atomic mass is 15.2. The Morgan fingerprint density at radius 1 is 1.04 bits per heavy atom. The Kier molecular flexibility index (Phi) is 4.40. The van der Waals surface area contributed by atoms with E-state index in [-0.39, 0.29) is 6.04 Å². The molecule has 4 rings (SSSR count). The Hall–Kier alpha value is -3.14. The van der Waals surface area contributed by atoms with E-state index >= 15 is 0 Å². The largest absolute Gasteiger partial charge is 0.376 e. The molecule has 26 heavy (non-hydrogen) atoms. The van der Waals surface area contributed by atoms with Gasteiger partial charge in [0.1, 0.15) is 6.67 Å². The number of rotatable bonds is 4. The van der Waals surface area contributed by atoms with Crippen LogP contribution >= 0.6 is 0 Å². The molecule has 0 radical (unpaired) electrons. The highest BCUT2D eigenvalue weighted by molar-refractivity contribution is 5.84. The van der Waals surface area contributed by atoms with E-state index in [0.29, 0.717) is 6.67 Å². The zero-order chi connectivity index (χ0) is 17.9. The van der Waals surface area contributed by atoms with Crippen molar-refractivity contribution in [1.82, 2.24) is 15.2 Å². The van der Waals surface area contributed by atoms with Crippen LogP contribution in [-0.4, -0.2) is 29.8 Å². The zero-order valence-electron chi connectivity index (χ0n) is 15.1. The van der Waals surface area contributed by atoms with Gasteiger partial charge < -0.3 is 10.2 Å². The number of para-hydroxylation sites is 1. The molecule has 4 nitrogen and oxygen atoms in total. The van der Waals surface area contributed by atoms with Gasteiger partial charge in [-0.15, -0.1) is 0 Å². The molecule has 1 aromatic heterocycles. The third-order valence-corrected chi connectivity index (χ3v) is 4.54. The molecular formula is C22H22N4. The lowest BCUT2D eigenvalue weighted by Gasteiger charge is -2.23. The predicted octanol–water partition coefficient (Wildman–Crippen LogP) is 4.37. The topological polar surface area (TPSA) is 40.5 Å². The summed E-state index contributed by atoms with van der Waals surface area (Å²) in [5.74, 6) is 0. The smallest absolute Gasteiger partial charge is 0.109 e. The average molecular weight is 342 g/mol. The van der Waals surface area contributed by atoms with Crippen LogP contribution < -0.4 is 5.32 Å². The normalized spacial score (nSPS) is 15.0. The van der Waals surface area contributed by atoms with Gasteiger partial charge in [0.2, 0.25) is 0 Å². The van der Waals surface area contributed by atoms with Gasteiger partial charge in [0, 0.05) is 36.0 Å². The minimum atomic E-state index is 0.103. The van der Waals surface area contributed by atoms with Gasteiger partial charge >= 0.3 is 0 Å². The molecule has 0 spiro atoms. The molecule has 4 heteroatoms. The van der Waals surface area contributed by atoms with E-state index in [9.17, 15) is 0 Å². The number of pyridine rings is 1. The van der Waals surface area contributed by atoms with Crippen LogP contribution in [-0.2, 0) is 0 Å². The Bertz CT molecular complexity index is 976. The fourth-order valence-corrected chi connectivity index (χ4v) is 3.27. The minimum Gasteiger partial charge on any atom is -0.376 e. The van der Waals surface area contributed by atoms with Gasteiger partial charge in [-0.2, -0.15) is 0 Å². The molecule has 130 valence electrons. The molecule has 1 N–H and O–H groups in total. The Morgan fingerprint density at radius 2 is 1.81 bits per heavy atom. The van der Waals surface area contributed by atoms with E-state index in [1.165, 1.54) is 5.56 Å². The van der Waals surface area contributed by atoms with Gasteiger partial charge in [-0.3, -0.25) is 4.99 Å². The van der Waals surface area contributed by atoms with Crippen molar-refractivity contribution in [3.05, 3.63) is 78.1 Å². The van der Waals surface area contributed by atoms with Gasteiger partial charge in [0.05, 0.1) is 22.9 Å². The maximum Gasteiger partial charge on any atom is 0.109 e. The number of nitrogens with one attached hydrogen (secondary N) is 1. The summed E-state index contributed by atoms with van der Waals surface area (Å²) >= 11 is 0. The summed E-state index contributed by atoms with van der Waals surface area (Å²) in [6, 6.07) is 21.0. The van der Waals surface area contributed by atoms with Crippen LogP contribution in [0.15, 0.2) is 77.6 Å². The van der Waals surface area contributed by atoms with Crippen LogP contribution in [0.25, 0.3) is 22.2 Å². The summed E-state index contributed by atoms with van der Waals surface area (Å²) in [6.07, 6.45) is 3.98. The molecule has 2 heterocycles. The highest BCUT2D eigenvalue weighted by Gasteiger charge is 2.16. The van der Waals surface area contributed by atoms with Crippen LogP contribution in [0.3, 0.4) is 0 Å². The Morgan fingerprint density at radius 3 is 2.62 bits per heavy atom. The predicted molar refractivity (Wildman–Crippen MR) is 108 cm³/mol. The van der Waals surface area contributed by atoms with E-state index in [1.54, 1.807) is 0 Å². The minimum absolute atomic E-state index is 0.103. The lowest BCUT2D eigenvalue weighted by Crippen LogP contribution is -2.26. The molecular weight excluding hydrogens is 320 g/mol. The molecule has 0 bridgehead atoms. The number of aliphatic imine (C=N–C) groups is 1. The molecule has 1 aliphatic heterocycles. The fraction of sp³-hybridized carbons (Fsp3) is 0.182. The van der Waals surface area contributed by atoms with Crippen molar-refractivity contribution in [3.63, 3.8) is 0 Å². The molecule has 0 saturated heterocycles. The molecule has 1 atom stereocenters. The Balaban J connectivity index is 1.78. The SMILES string of the molecule is C[C@H](NC1=CN(C)CN=C1)c1cc2ccccc2nc1-c1ccccc1. The van der Waals surface area contributed by atoms with Crippen molar-refractivity contribution >= 4 is 17.1 Å². The summed E-state index contributed by atoms with van der Waals surface area (Å²) in [5.41, 5.74) is 5.35. The van der Waals surface area contributed by atoms with Crippen molar-refractivity contribution in [2.75, 3.05) is 13.7 Å². The van der Waals surface area contributed by atoms with E-state index < -0.39 is 0 Å². The van der Waals surface area contributed by atoms with Gasteiger partial charge in [-0.05, 0) is 19.1 Å². The highest BCUT2D eigenvalue weighted by Crippen LogP contribution is 2.30. The van der Waals surface area contributed by atoms with Gasteiger partial charge in [0.15, 0.2) is 0 Å². The summed E-state index contributed by atoms with van der Waals surface area (Å²) < 4.78 is 0. The lowest BCUT2D eigenvalue weighted by atomic mass is 9.98. The standard InChI is InChI=1S/C22H22N4/c1-16(24-19-13-23-15-26(2)14-19)20-12-18-10-6-7-11-21(18)25-22(20)17-8-4-3-5-9-17/h3-14,16,24H,15H2,1-2H3/t16-/m0/s1. The summed E-state index contributed by atoms with van der Waals surface area (Å²) in [7, 11) is 2.02. The van der Waals surface area contributed by atoms with Gasteiger partial charge in [0.25, 0.3) is 0 Å². The second-order valence-electron chi connectivity index (χ2n) is 6.65. The summed E-state index contributed by atoms with van der Waals surface area (Å²) in [5, 5.41) is 4.72. The molecule has 0 saturated carbocycles. The number of benzene rings is 2. The number of allylic oxidation sites excluding steroid dienone is 1. The molecule has 3 aromatic rings. The third-order valence-electron chi connectivity index (χ3n) is 4.54. The first-order valence-electron chi connectivity index (χ1n) is 8.84. The van der Waals surface area contributed by atoms with Crippen LogP contribution in [0.1, 0.15) is 18.5 Å². The van der Waals surface area contributed by atoms with E-state index in [4.69, 9.17) is 4.98 Å². The van der Waals surface area contributed by atoms with Crippen LogP contribution in [0.5, 0.6) is 0 Å². The first-order chi connectivity index (χ1) is 12.7. The monoisotopic (exact) mass is 342 g/mol. The molecule has 1 aliphatic rings. The molecule has 0 unspecified atom stereocenters. The van der Waals surface area contributed by atoms with Crippen LogP contribution in [0.2, 0.25) is 0 Å². The van der Waals surface area contributed by atoms with Gasteiger partial charge in [-0.25, -0.2) is 4.98 Å². The first-order valence-corrected chi connectivity index (χ1v) is 8.84. The van der Waals surface area contributed by atoms with Crippen molar-refractivity contribution in [2.24, 2.45) is 4.99 Å². The van der Waals surface area contributed by atoms with Gasteiger partial charge in [-0.1, -0.05) is 48.5 Å². The second kappa shape index (κ2) is 7.00. The maximum absolute atomic E-state index is 4.97. The lowest BCUT2D eigenvalue weighted by molar-refractivity contribution is 0.458. The summed E-state index contributed by atoms with van der Waals surface area (Å²) in [4.78, 5) is 11.4. The van der Waals surface area contributed by atoms with Crippen LogP contribution in [0.4, 0.5) is 0 Å². The fourth-order valence-electron chi connectivity index (χ4n) is 3.27. The number of hydrogen-bond donors (Lipinski definition) is 1. The number of fused-ring (bicyclic) bond motifs is 1. The van der Waals surface area contributed by atoms with Crippen molar-refractivity contribution in [2.45, 2.75) is 13.0 Å². The maximum atomic E-state index is 4.97. The number of aromatic nitrogens is 1. The average Bonchev–Trinajstić information content (AvgIpc) is 2.67. The van der Waals surface area contributed by atoms with Crippen LogP contribution in [0, 0.1) is 0 Å². The molecule has 0 aliphatic carbocycles. The van der Waals surface area contributed by atoms with E-state index in [1.807, 2.05) is 25.4 Å². The van der Waals surface area contributed by atoms with Crippen molar-refractivity contribution in [3.8, 4) is 11.3 Å².